The largest absolute Gasteiger partial charge is 0.492 e. The monoisotopic (exact) mass is 457 g/mol. The lowest BCUT2D eigenvalue weighted by Gasteiger charge is -2.22. The highest BCUT2D eigenvalue weighted by Gasteiger charge is 2.42. The Hall–Kier alpha value is -4.46. The summed E-state index contributed by atoms with van der Waals surface area (Å²) in [6, 6.07) is 22.1. The van der Waals surface area contributed by atoms with Crippen LogP contribution in [-0.2, 0) is 16.1 Å². The SMILES string of the molecule is CCOc1ccccc1N1C(=O)C(c2ccc([N+](=O)[O-])cc2)=C(N(C)Cc2ccccc2)C1=O. The number of para-hydroxylation sites is 2. The number of nitro benzene ring substituents is 1. The molecule has 3 aromatic carbocycles. The molecule has 0 saturated carbocycles. The Morgan fingerprint density at radius 2 is 1.56 bits per heavy atom. The summed E-state index contributed by atoms with van der Waals surface area (Å²) in [5.74, 6) is -0.577. The maximum absolute atomic E-state index is 13.7. The first kappa shape index (κ1) is 22.7. The van der Waals surface area contributed by atoms with Gasteiger partial charge in [-0.05, 0) is 42.3 Å². The molecule has 0 radical (unpaired) electrons. The zero-order valence-corrected chi connectivity index (χ0v) is 18.8. The van der Waals surface area contributed by atoms with Gasteiger partial charge in [-0.15, -0.1) is 0 Å². The van der Waals surface area contributed by atoms with E-state index >= 15 is 0 Å². The maximum Gasteiger partial charge on any atom is 0.282 e. The molecule has 4 rings (SSSR count). The first-order valence-electron chi connectivity index (χ1n) is 10.8. The Balaban J connectivity index is 1.82. The van der Waals surface area contributed by atoms with E-state index in [0.717, 1.165) is 10.5 Å². The van der Waals surface area contributed by atoms with Gasteiger partial charge in [0.25, 0.3) is 17.5 Å². The zero-order chi connectivity index (χ0) is 24.2. The molecule has 0 atom stereocenters. The van der Waals surface area contributed by atoms with E-state index in [2.05, 4.69) is 0 Å². The minimum atomic E-state index is -0.513. The number of likely N-dealkylation sites (N-methyl/N-ethyl adjacent to an activating group) is 1. The van der Waals surface area contributed by atoms with E-state index in [1.807, 2.05) is 37.3 Å². The van der Waals surface area contributed by atoms with Crippen molar-refractivity contribution in [1.82, 2.24) is 4.90 Å². The summed E-state index contributed by atoms with van der Waals surface area (Å²) in [7, 11) is 1.75. The van der Waals surface area contributed by atoms with Crippen molar-refractivity contribution in [3.05, 3.63) is 106 Å². The lowest BCUT2D eigenvalue weighted by atomic mass is 10.0. The predicted molar refractivity (Wildman–Crippen MR) is 128 cm³/mol. The van der Waals surface area contributed by atoms with Gasteiger partial charge in [-0.3, -0.25) is 19.7 Å². The van der Waals surface area contributed by atoms with Gasteiger partial charge < -0.3 is 9.64 Å². The number of non-ortho nitro benzene ring substituents is 1. The third kappa shape index (κ3) is 4.25. The van der Waals surface area contributed by atoms with Crippen LogP contribution < -0.4 is 9.64 Å². The van der Waals surface area contributed by atoms with Crippen LogP contribution in [0.4, 0.5) is 11.4 Å². The van der Waals surface area contributed by atoms with Gasteiger partial charge in [0.1, 0.15) is 11.4 Å². The molecule has 1 aliphatic rings. The number of nitrogens with zero attached hydrogens (tertiary/aromatic N) is 3. The number of nitro groups is 1. The molecule has 2 amide bonds. The van der Waals surface area contributed by atoms with Crippen molar-refractivity contribution in [2.75, 3.05) is 18.6 Å². The Kier molecular flexibility index (Phi) is 6.40. The number of carbonyl (C=O) groups is 2. The van der Waals surface area contributed by atoms with E-state index in [1.54, 1.807) is 36.2 Å². The maximum atomic E-state index is 13.7. The summed E-state index contributed by atoms with van der Waals surface area (Å²) in [6.07, 6.45) is 0. The summed E-state index contributed by atoms with van der Waals surface area (Å²) < 4.78 is 5.67. The van der Waals surface area contributed by atoms with E-state index in [9.17, 15) is 19.7 Å². The highest BCUT2D eigenvalue weighted by atomic mass is 16.6. The van der Waals surface area contributed by atoms with Crippen molar-refractivity contribution in [2.24, 2.45) is 0 Å². The molecule has 0 bridgehead atoms. The molecule has 8 heteroatoms. The molecule has 0 saturated heterocycles. The van der Waals surface area contributed by atoms with Crippen LogP contribution in [0.25, 0.3) is 5.57 Å². The fourth-order valence-corrected chi connectivity index (χ4v) is 3.96. The lowest BCUT2D eigenvalue weighted by Crippen LogP contribution is -2.34. The highest BCUT2D eigenvalue weighted by Crippen LogP contribution is 2.39. The molecule has 8 nitrogen and oxygen atoms in total. The second-order valence-electron chi connectivity index (χ2n) is 7.72. The number of amides is 2. The van der Waals surface area contributed by atoms with Crippen molar-refractivity contribution in [2.45, 2.75) is 13.5 Å². The summed E-state index contributed by atoms with van der Waals surface area (Å²) in [4.78, 5) is 40.8. The van der Waals surface area contributed by atoms with Gasteiger partial charge in [0.05, 0.1) is 22.8 Å². The summed E-state index contributed by atoms with van der Waals surface area (Å²) >= 11 is 0. The fourth-order valence-electron chi connectivity index (χ4n) is 3.96. The smallest absolute Gasteiger partial charge is 0.282 e. The fraction of sp³-hybridized carbons (Fsp3) is 0.154. The highest BCUT2D eigenvalue weighted by molar-refractivity contribution is 6.45. The second-order valence-corrected chi connectivity index (χ2v) is 7.72. The van der Waals surface area contributed by atoms with Gasteiger partial charge in [0.15, 0.2) is 0 Å². The number of hydrogen-bond donors (Lipinski definition) is 0. The van der Waals surface area contributed by atoms with Gasteiger partial charge in [-0.25, -0.2) is 4.90 Å². The molecule has 0 N–H and O–H groups in total. The number of carbonyl (C=O) groups excluding carboxylic acids is 2. The van der Waals surface area contributed by atoms with Gasteiger partial charge in [0, 0.05) is 25.7 Å². The number of hydrogen-bond acceptors (Lipinski definition) is 6. The topological polar surface area (TPSA) is 93.0 Å². The Labute approximate surface area is 196 Å². The Morgan fingerprint density at radius 1 is 0.912 bits per heavy atom. The first-order valence-corrected chi connectivity index (χ1v) is 10.8. The van der Waals surface area contributed by atoms with Crippen molar-refractivity contribution < 1.29 is 19.2 Å². The van der Waals surface area contributed by atoms with Crippen LogP contribution >= 0.6 is 0 Å². The molecule has 1 aliphatic heterocycles. The molecule has 0 aromatic heterocycles. The molecular weight excluding hydrogens is 434 g/mol. The van der Waals surface area contributed by atoms with Crippen molar-refractivity contribution in [3.63, 3.8) is 0 Å². The van der Waals surface area contributed by atoms with E-state index in [-0.39, 0.29) is 17.0 Å². The van der Waals surface area contributed by atoms with Gasteiger partial charge in [-0.1, -0.05) is 42.5 Å². The first-order chi connectivity index (χ1) is 16.4. The van der Waals surface area contributed by atoms with Gasteiger partial charge in [-0.2, -0.15) is 0 Å². The Bertz CT molecular complexity index is 1270. The summed E-state index contributed by atoms with van der Waals surface area (Å²) in [5, 5.41) is 11.1. The van der Waals surface area contributed by atoms with Crippen LogP contribution in [-0.4, -0.2) is 35.3 Å². The molecule has 1 heterocycles. The minimum Gasteiger partial charge on any atom is -0.492 e. The predicted octanol–water partition coefficient (Wildman–Crippen LogP) is 4.41. The molecule has 0 fully saturated rings. The molecule has 0 unspecified atom stereocenters. The van der Waals surface area contributed by atoms with E-state index in [4.69, 9.17) is 4.74 Å². The molecule has 172 valence electrons. The molecule has 0 aliphatic carbocycles. The lowest BCUT2D eigenvalue weighted by molar-refractivity contribution is -0.384. The number of benzene rings is 3. The van der Waals surface area contributed by atoms with Crippen LogP contribution in [0.5, 0.6) is 5.75 Å². The van der Waals surface area contributed by atoms with E-state index < -0.39 is 16.7 Å². The molecule has 3 aromatic rings. The summed E-state index contributed by atoms with van der Waals surface area (Å²) in [5.41, 5.74) is 2.04. The van der Waals surface area contributed by atoms with Gasteiger partial charge >= 0.3 is 0 Å². The Morgan fingerprint density at radius 3 is 2.21 bits per heavy atom. The second kappa shape index (κ2) is 9.58. The zero-order valence-electron chi connectivity index (χ0n) is 18.8. The van der Waals surface area contributed by atoms with Crippen LogP contribution in [0.1, 0.15) is 18.1 Å². The van der Waals surface area contributed by atoms with Gasteiger partial charge in [0.2, 0.25) is 0 Å². The van der Waals surface area contributed by atoms with Crippen molar-refractivity contribution in [3.8, 4) is 5.75 Å². The summed E-state index contributed by atoms with van der Waals surface area (Å²) in [6.45, 7) is 2.59. The molecular formula is C26H23N3O5. The quantitative estimate of drug-likeness (QED) is 0.283. The number of anilines is 1. The number of imide groups is 1. The van der Waals surface area contributed by atoms with E-state index in [0.29, 0.717) is 30.2 Å². The molecule has 0 spiro atoms. The number of rotatable bonds is 8. The number of ether oxygens (including phenoxy) is 1. The third-order valence-corrected chi connectivity index (χ3v) is 5.48. The van der Waals surface area contributed by atoms with Crippen LogP contribution in [0.15, 0.2) is 84.6 Å². The standard InChI is InChI=1S/C26H23N3O5/c1-3-34-22-12-8-7-11-21(22)28-25(30)23(19-13-15-20(16-14-19)29(32)33)24(26(28)31)27(2)17-18-9-5-4-6-10-18/h4-16H,3,17H2,1-2H3. The van der Waals surface area contributed by atoms with Crippen LogP contribution in [0.2, 0.25) is 0 Å². The van der Waals surface area contributed by atoms with Crippen molar-refractivity contribution in [1.29, 1.82) is 0 Å². The van der Waals surface area contributed by atoms with Crippen molar-refractivity contribution >= 4 is 28.8 Å². The molecule has 34 heavy (non-hydrogen) atoms. The minimum absolute atomic E-state index is 0.0983. The third-order valence-electron chi connectivity index (χ3n) is 5.48. The average Bonchev–Trinajstić information content (AvgIpc) is 3.10. The van der Waals surface area contributed by atoms with Crippen LogP contribution in [0.3, 0.4) is 0 Å². The normalized spacial score (nSPS) is 13.4. The van der Waals surface area contributed by atoms with Crippen LogP contribution in [0, 0.1) is 10.1 Å². The average molecular weight is 457 g/mol. The van der Waals surface area contributed by atoms with E-state index in [1.165, 1.54) is 24.3 Å².